The highest BCUT2D eigenvalue weighted by atomic mass is 16.5. The van der Waals surface area contributed by atoms with Crippen molar-refractivity contribution in [2.24, 2.45) is 17.4 Å². The standard InChI is InChI=1S/C43H49N13O8/c1-5-55-31(15-23(3)50-55)39(59)48-42-46-29-17-26(37(44)57)19-33-35(29)53(42)11-7-8-12-54-36-30(47-43(54)49-40(60)32-16-24(4)51-56(32)6-2)18-27(38(45)58)20-34(36)64-22-28(21-63-33)52-13-9-25(10-14-52)41(61)62/h7-8,15-20,25,28H,5-6,9-14,21-22H2,1-4H3,(H2,44,57)(H2,45,58)(H,61,62)(H,46,48,59)(H,47,49,60)/b8-7+. The van der Waals surface area contributed by atoms with Crippen molar-refractivity contribution in [3.05, 3.63) is 82.5 Å². The molecule has 21 heteroatoms. The summed E-state index contributed by atoms with van der Waals surface area (Å²) in [6.45, 7) is 9.31. The second kappa shape index (κ2) is 17.7. The number of hydrogen-bond acceptors (Lipinski definition) is 12. The number of aromatic nitrogens is 8. The fourth-order valence-corrected chi connectivity index (χ4v) is 8.28. The number of carbonyl (C=O) groups excluding carboxylic acids is 4. The average Bonchev–Trinajstić information content (AvgIpc) is 4.03. The second-order valence-electron chi connectivity index (χ2n) is 15.8. The molecule has 4 aromatic heterocycles. The number of nitrogens with zero attached hydrogens (tertiary/aromatic N) is 9. The van der Waals surface area contributed by atoms with Crippen LogP contribution in [0, 0.1) is 19.8 Å². The first-order valence-corrected chi connectivity index (χ1v) is 21.0. The summed E-state index contributed by atoms with van der Waals surface area (Å²) < 4.78 is 19.9. The summed E-state index contributed by atoms with van der Waals surface area (Å²) in [5.74, 6) is -2.92. The van der Waals surface area contributed by atoms with E-state index in [0.29, 0.717) is 83.9 Å². The molecule has 2 aliphatic heterocycles. The zero-order valence-corrected chi connectivity index (χ0v) is 35.8. The van der Waals surface area contributed by atoms with Gasteiger partial charge in [0.15, 0.2) is 0 Å². The number of ether oxygens (including phenoxy) is 2. The van der Waals surface area contributed by atoms with Crippen LogP contribution in [0.25, 0.3) is 22.1 Å². The fourth-order valence-electron chi connectivity index (χ4n) is 8.28. The first kappa shape index (κ1) is 43.1. The molecule has 1 fully saturated rings. The summed E-state index contributed by atoms with van der Waals surface area (Å²) in [5.41, 5.74) is 15.4. The summed E-state index contributed by atoms with van der Waals surface area (Å²) in [7, 11) is 0. The van der Waals surface area contributed by atoms with E-state index in [9.17, 15) is 29.1 Å². The van der Waals surface area contributed by atoms with Crippen molar-refractivity contribution in [3.8, 4) is 11.5 Å². The minimum absolute atomic E-state index is 0.0174. The first-order chi connectivity index (χ1) is 30.7. The Morgan fingerprint density at radius 2 is 1.14 bits per heavy atom. The van der Waals surface area contributed by atoms with Crippen molar-refractivity contribution in [2.45, 2.75) is 72.8 Å². The van der Waals surface area contributed by atoms with Gasteiger partial charge >= 0.3 is 5.97 Å². The molecule has 0 spiro atoms. The third-order valence-electron chi connectivity index (χ3n) is 11.5. The van der Waals surface area contributed by atoms with Gasteiger partial charge in [-0.05, 0) is 90.0 Å². The molecule has 0 atom stereocenters. The van der Waals surface area contributed by atoms with Crippen LogP contribution >= 0.6 is 0 Å². The van der Waals surface area contributed by atoms with E-state index in [4.69, 9.17) is 30.9 Å². The molecule has 21 nitrogen and oxygen atoms in total. The van der Waals surface area contributed by atoms with Crippen molar-refractivity contribution in [1.29, 1.82) is 0 Å². The SMILES string of the molecule is CCn1nc(C)cc1C(=O)Nc1nc2cc(C(N)=O)cc3c2n1C/C=C/Cn1c(NC(=O)c2cc(C)nn2CC)nc2cc(C(N)=O)cc(c21)OCC(N1CCC(C(=O)O)CC1)CO3. The van der Waals surface area contributed by atoms with E-state index in [0.717, 1.165) is 0 Å². The molecule has 2 aliphatic rings. The molecule has 0 radical (unpaired) electrons. The van der Waals surface area contributed by atoms with Gasteiger partial charge in [0, 0.05) is 37.3 Å². The van der Waals surface area contributed by atoms with Crippen LogP contribution in [-0.4, -0.2) is 111 Å². The van der Waals surface area contributed by atoms with Gasteiger partial charge in [-0.2, -0.15) is 10.2 Å². The van der Waals surface area contributed by atoms with E-state index in [2.05, 4.69) is 25.7 Å². The van der Waals surface area contributed by atoms with Crippen LogP contribution in [0.2, 0.25) is 0 Å². The van der Waals surface area contributed by atoms with Gasteiger partial charge < -0.3 is 35.2 Å². The topological polar surface area (TPSA) is 275 Å². The van der Waals surface area contributed by atoms with Gasteiger partial charge in [0.05, 0.1) is 34.4 Å². The maximum absolute atomic E-state index is 13.9. The van der Waals surface area contributed by atoms with Crippen molar-refractivity contribution in [1.82, 2.24) is 43.6 Å². The average molecular weight is 876 g/mol. The lowest BCUT2D eigenvalue weighted by molar-refractivity contribution is -0.143. The summed E-state index contributed by atoms with van der Waals surface area (Å²) in [6, 6.07) is 8.96. The number of aryl methyl sites for hydroxylation is 4. The predicted octanol–water partition coefficient (Wildman–Crippen LogP) is 3.33. The van der Waals surface area contributed by atoms with E-state index in [1.807, 2.05) is 26.0 Å². The van der Waals surface area contributed by atoms with Gasteiger partial charge in [0.1, 0.15) is 47.1 Å². The number of hydrogen-bond donors (Lipinski definition) is 5. The number of carboxylic acid groups (broad SMARTS) is 1. The maximum Gasteiger partial charge on any atom is 0.306 e. The molecule has 0 bridgehead atoms. The highest BCUT2D eigenvalue weighted by Gasteiger charge is 2.31. The van der Waals surface area contributed by atoms with Crippen LogP contribution in [0.15, 0.2) is 48.6 Å². The van der Waals surface area contributed by atoms with Crippen molar-refractivity contribution >= 4 is 63.6 Å². The van der Waals surface area contributed by atoms with E-state index in [1.165, 1.54) is 24.3 Å². The number of imidazole rings is 2. The van der Waals surface area contributed by atoms with Gasteiger partial charge in [0.2, 0.25) is 23.7 Å². The number of anilines is 2. The second-order valence-corrected chi connectivity index (χ2v) is 15.8. The molecule has 334 valence electrons. The van der Waals surface area contributed by atoms with Crippen LogP contribution in [0.1, 0.15) is 79.8 Å². The van der Waals surface area contributed by atoms with Crippen molar-refractivity contribution in [3.63, 3.8) is 0 Å². The van der Waals surface area contributed by atoms with Crippen molar-refractivity contribution in [2.75, 3.05) is 36.9 Å². The van der Waals surface area contributed by atoms with Crippen LogP contribution < -0.4 is 31.6 Å². The molecule has 8 rings (SSSR count). The molecule has 64 heavy (non-hydrogen) atoms. The first-order valence-electron chi connectivity index (χ1n) is 21.0. The number of nitrogens with two attached hydrogens (primary N) is 2. The van der Waals surface area contributed by atoms with Gasteiger partial charge in [-0.1, -0.05) is 12.2 Å². The minimum Gasteiger partial charge on any atom is -0.490 e. The Labute approximate surface area is 366 Å². The third-order valence-corrected chi connectivity index (χ3v) is 11.5. The van der Waals surface area contributed by atoms with Gasteiger partial charge in [0.25, 0.3) is 11.8 Å². The van der Waals surface area contributed by atoms with Crippen LogP contribution in [-0.2, 0) is 31.0 Å². The zero-order chi connectivity index (χ0) is 45.4. The molecular weight excluding hydrogens is 827 g/mol. The molecule has 4 amide bonds. The largest absolute Gasteiger partial charge is 0.490 e. The predicted molar refractivity (Wildman–Crippen MR) is 234 cm³/mol. The zero-order valence-electron chi connectivity index (χ0n) is 35.8. The summed E-state index contributed by atoms with van der Waals surface area (Å²) in [5, 5.41) is 24.5. The van der Waals surface area contributed by atoms with E-state index in [1.54, 1.807) is 44.5 Å². The highest BCUT2D eigenvalue weighted by molar-refractivity contribution is 6.05. The number of likely N-dealkylation sites (tertiary alicyclic amines) is 1. The quantitative estimate of drug-likeness (QED) is 0.124. The smallest absolute Gasteiger partial charge is 0.306 e. The lowest BCUT2D eigenvalue weighted by Crippen LogP contribution is -2.48. The molecule has 2 aromatic carbocycles. The molecule has 0 saturated carbocycles. The molecule has 1 saturated heterocycles. The summed E-state index contributed by atoms with van der Waals surface area (Å²) in [4.78, 5) is 76.7. The molecule has 0 aliphatic carbocycles. The number of amides is 4. The number of primary amides is 2. The lowest BCUT2D eigenvalue weighted by atomic mass is 9.96. The summed E-state index contributed by atoms with van der Waals surface area (Å²) in [6.07, 6.45) is 4.45. The molecule has 7 N–H and O–H groups in total. The van der Waals surface area contributed by atoms with Crippen LogP contribution in [0.3, 0.4) is 0 Å². The Kier molecular flexibility index (Phi) is 11.9. The van der Waals surface area contributed by atoms with Crippen LogP contribution in [0.4, 0.5) is 11.9 Å². The molecule has 6 aromatic rings. The Balaban J connectivity index is 1.27. The Morgan fingerprint density at radius 3 is 1.53 bits per heavy atom. The monoisotopic (exact) mass is 875 g/mol. The number of allylic oxidation sites excluding steroid dienone is 2. The molecule has 0 unspecified atom stereocenters. The molecular formula is C43H49N13O8. The minimum atomic E-state index is -0.866. The van der Waals surface area contributed by atoms with E-state index in [-0.39, 0.29) is 60.8 Å². The molecule has 6 heterocycles. The Hall–Kier alpha value is -7.55. The number of carboxylic acids is 1. The number of aliphatic carboxylic acids is 1. The number of rotatable bonds is 10. The Bertz CT molecular complexity index is 2690. The van der Waals surface area contributed by atoms with Gasteiger partial charge in [-0.25, -0.2) is 9.97 Å². The lowest BCUT2D eigenvalue weighted by Gasteiger charge is -2.36. The Morgan fingerprint density at radius 1 is 0.703 bits per heavy atom. The third kappa shape index (κ3) is 8.48. The fraction of sp³-hybridized carbons (Fsp3) is 0.372. The number of benzene rings is 2. The number of piperidine rings is 1. The van der Waals surface area contributed by atoms with E-state index >= 15 is 0 Å². The maximum atomic E-state index is 13.9. The van der Waals surface area contributed by atoms with Gasteiger partial charge in [-0.3, -0.25) is 48.9 Å². The normalized spacial score (nSPS) is 15.8. The number of carbonyl (C=O) groups is 5. The number of nitrogens with one attached hydrogen (secondary N) is 2. The van der Waals surface area contributed by atoms with E-state index < -0.39 is 41.6 Å². The van der Waals surface area contributed by atoms with Gasteiger partial charge in [-0.15, -0.1) is 0 Å². The van der Waals surface area contributed by atoms with Crippen molar-refractivity contribution < 1.29 is 38.6 Å². The highest BCUT2D eigenvalue weighted by Crippen LogP contribution is 2.34. The summed E-state index contributed by atoms with van der Waals surface area (Å²) >= 11 is 0. The van der Waals surface area contributed by atoms with Crippen LogP contribution in [0.5, 0.6) is 11.5 Å².